The van der Waals surface area contributed by atoms with E-state index >= 15 is 0 Å². The first-order chi connectivity index (χ1) is 5.77. The Balaban J connectivity index is 2.05. The molecule has 1 saturated heterocycles. The molecule has 0 saturated carbocycles. The molecule has 2 heteroatoms. The molecule has 0 aromatic carbocycles. The molecule has 0 aliphatic carbocycles. The topological polar surface area (TPSA) is 0 Å². The van der Waals surface area contributed by atoms with Crippen LogP contribution in [0.15, 0.2) is 0 Å². The molecule has 1 rings (SSSR count). The van der Waals surface area contributed by atoms with Gasteiger partial charge in [0.2, 0.25) is 0 Å². The smallest absolute Gasteiger partial charge is 0.156 e. The maximum absolute atomic E-state index is 6.59. The van der Waals surface area contributed by atoms with E-state index in [-0.39, 0.29) is 0 Å². The average molecular weight is 205 g/mol. The van der Waals surface area contributed by atoms with Crippen molar-refractivity contribution in [3.05, 3.63) is 0 Å². The highest BCUT2D eigenvalue weighted by Gasteiger charge is 2.33. The van der Waals surface area contributed by atoms with E-state index in [2.05, 4.69) is 6.92 Å². The van der Waals surface area contributed by atoms with E-state index in [9.17, 15) is 0 Å². The highest BCUT2D eigenvalue weighted by atomic mass is 35.6. The van der Waals surface area contributed by atoms with Crippen LogP contribution in [0.4, 0.5) is 0 Å². The van der Waals surface area contributed by atoms with Crippen LogP contribution >= 0.6 is 11.1 Å². The second-order valence-corrected chi connectivity index (χ2v) is 10.4. The predicted molar refractivity (Wildman–Crippen MR) is 59.4 cm³/mol. The third kappa shape index (κ3) is 3.49. The molecule has 0 amide bonds. The summed E-state index contributed by atoms with van der Waals surface area (Å²) in [7, 11) is -1.16. The Bertz CT molecular complexity index is 119. The summed E-state index contributed by atoms with van der Waals surface area (Å²) in [6.45, 7) is 2.27. The summed E-state index contributed by atoms with van der Waals surface area (Å²) in [6, 6.07) is 4.20. The van der Waals surface area contributed by atoms with Gasteiger partial charge in [-0.2, -0.15) is 11.1 Å². The first-order valence-electron chi connectivity index (χ1n) is 5.46. The van der Waals surface area contributed by atoms with Crippen molar-refractivity contribution in [1.82, 2.24) is 0 Å². The minimum atomic E-state index is -1.16. The molecule has 72 valence electrons. The fourth-order valence-electron chi connectivity index (χ4n) is 2.13. The predicted octanol–water partition coefficient (Wildman–Crippen LogP) is 4.54. The number of halogens is 1. The zero-order valence-electron chi connectivity index (χ0n) is 8.24. The van der Waals surface area contributed by atoms with E-state index in [1.807, 2.05) is 0 Å². The van der Waals surface area contributed by atoms with Crippen LogP contribution in [-0.2, 0) is 0 Å². The Labute approximate surface area is 82.4 Å². The summed E-state index contributed by atoms with van der Waals surface area (Å²) >= 11 is 6.59. The number of unbranched alkanes of at least 4 members (excludes halogenated alkanes) is 3. The number of rotatable bonds is 5. The standard InChI is InChI=1S/C10H21ClSi/c1-2-3-4-5-8-12(11)9-6-7-10-12/h2-10H2,1H3. The summed E-state index contributed by atoms with van der Waals surface area (Å²) < 4.78 is 0. The molecule has 1 aliphatic rings. The van der Waals surface area contributed by atoms with Gasteiger partial charge in [0.15, 0.2) is 7.38 Å². The Hall–Kier alpha value is 0.507. The van der Waals surface area contributed by atoms with Gasteiger partial charge < -0.3 is 0 Å². The van der Waals surface area contributed by atoms with Gasteiger partial charge in [0.1, 0.15) is 0 Å². The second kappa shape index (κ2) is 5.28. The van der Waals surface area contributed by atoms with Crippen molar-refractivity contribution in [2.75, 3.05) is 0 Å². The van der Waals surface area contributed by atoms with Crippen molar-refractivity contribution in [1.29, 1.82) is 0 Å². The van der Waals surface area contributed by atoms with E-state index in [1.165, 1.54) is 56.7 Å². The minimum absolute atomic E-state index is 1.16. The monoisotopic (exact) mass is 204 g/mol. The summed E-state index contributed by atoms with van der Waals surface area (Å²) in [5, 5.41) is 0. The van der Waals surface area contributed by atoms with E-state index < -0.39 is 7.38 Å². The fraction of sp³-hybridized carbons (Fsp3) is 1.00. The van der Waals surface area contributed by atoms with Crippen LogP contribution in [0.5, 0.6) is 0 Å². The number of hydrogen-bond acceptors (Lipinski definition) is 0. The van der Waals surface area contributed by atoms with Crippen LogP contribution in [0, 0.1) is 0 Å². The lowest BCUT2D eigenvalue weighted by Crippen LogP contribution is -2.20. The zero-order valence-corrected chi connectivity index (χ0v) is 10.00. The molecule has 0 N–H and O–H groups in total. The van der Waals surface area contributed by atoms with Crippen molar-refractivity contribution in [2.45, 2.75) is 63.6 Å². The Morgan fingerprint density at radius 2 is 1.75 bits per heavy atom. The minimum Gasteiger partial charge on any atom is -0.167 e. The van der Waals surface area contributed by atoms with Crippen LogP contribution in [0.25, 0.3) is 0 Å². The van der Waals surface area contributed by atoms with Gasteiger partial charge in [0.05, 0.1) is 0 Å². The quantitative estimate of drug-likeness (QED) is 0.350. The Kier molecular flexibility index (Phi) is 4.66. The molecule has 0 atom stereocenters. The molecule has 1 aliphatic heterocycles. The molecule has 0 aromatic heterocycles. The van der Waals surface area contributed by atoms with Crippen molar-refractivity contribution in [2.24, 2.45) is 0 Å². The first-order valence-corrected chi connectivity index (χ1v) is 9.09. The van der Waals surface area contributed by atoms with Crippen molar-refractivity contribution in [3.8, 4) is 0 Å². The molecule has 1 heterocycles. The maximum atomic E-state index is 6.59. The second-order valence-electron chi connectivity index (χ2n) is 4.17. The summed E-state index contributed by atoms with van der Waals surface area (Å²) in [5.41, 5.74) is 0. The van der Waals surface area contributed by atoms with Crippen LogP contribution in [0.2, 0.25) is 18.1 Å². The lowest BCUT2D eigenvalue weighted by molar-refractivity contribution is 0.697. The highest BCUT2D eigenvalue weighted by Crippen LogP contribution is 2.37. The molecule has 0 bridgehead atoms. The van der Waals surface area contributed by atoms with E-state index in [4.69, 9.17) is 11.1 Å². The van der Waals surface area contributed by atoms with E-state index in [0.29, 0.717) is 0 Å². The molecular formula is C10H21ClSi. The van der Waals surface area contributed by atoms with Gasteiger partial charge in [0, 0.05) is 0 Å². The van der Waals surface area contributed by atoms with Crippen molar-refractivity contribution >= 4 is 18.5 Å². The molecule has 0 unspecified atom stereocenters. The van der Waals surface area contributed by atoms with E-state index in [0.717, 1.165) is 0 Å². The largest absolute Gasteiger partial charge is 0.167 e. The summed E-state index contributed by atoms with van der Waals surface area (Å²) in [6.07, 6.45) is 8.41. The van der Waals surface area contributed by atoms with Crippen molar-refractivity contribution in [3.63, 3.8) is 0 Å². The van der Waals surface area contributed by atoms with Gasteiger partial charge in [0.25, 0.3) is 0 Å². The lowest BCUT2D eigenvalue weighted by atomic mass is 10.2. The van der Waals surface area contributed by atoms with Crippen LogP contribution < -0.4 is 0 Å². The molecule has 0 aromatic rings. The van der Waals surface area contributed by atoms with Gasteiger partial charge in [-0.25, -0.2) is 0 Å². The third-order valence-electron chi connectivity index (χ3n) is 2.98. The molecule has 0 spiro atoms. The van der Waals surface area contributed by atoms with Crippen LogP contribution in [-0.4, -0.2) is 7.38 Å². The molecule has 1 fully saturated rings. The van der Waals surface area contributed by atoms with Crippen molar-refractivity contribution < 1.29 is 0 Å². The molecular weight excluding hydrogens is 184 g/mol. The first kappa shape index (κ1) is 10.6. The zero-order chi connectivity index (χ0) is 8.86. The summed E-state index contributed by atoms with van der Waals surface area (Å²) in [5.74, 6) is 0. The highest BCUT2D eigenvalue weighted by molar-refractivity contribution is 7.20. The van der Waals surface area contributed by atoms with Crippen LogP contribution in [0.1, 0.15) is 45.4 Å². The fourth-order valence-corrected chi connectivity index (χ4v) is 6.73. The molecule has 0 radical (unpaired) electrons. The summed E-state index contributed by atoms with van der Waals surface area (Å²) in [4.78, 5) is 0. The SMILES string of the molecule is CCCCCC[Si]1(Cl)CCCC1. The Morgan fingerprint density at radius 3 is 2.33 bits per heavy atom. The van der Waals surface area contributed by atoms with E-state index in [1.54, 1.807) is 0 Å². The Morgan fingerprint density at radius 1 is 1.08 bits per heavy atom. The molecule has 0 nitrogen and oxygen atoms in total. The van der Waals surface area contributed by atoms with Gasteiger partial charge >= 0.3 is 0 Å². The maximum Gasteiger partial charge on any atom is 0.156 e. The van der Waals surface area contributed by atoms with Gasteiger partial charge in [-0.15, -0.1) is 0 Å². The number of hydrogen-bond donors (Lipinski definition) is 0. The van der Waals surface area contributed by atoms with Gasteiger partial charge in [-0.3, -0.25) is 0 Å². The lowest BCUT2D eigenvalue weighted by Gasteiger charge is -2.16. The average Bonchev–Trinajstić information content (AvgIpc) is 2.47. The van der Waals surface area contributed by atoms with Gasteiger partial charge in [-0.05, 0) is 18.1 Å². The molecule has 12 heavy (non-hydrogen) atoms. The van der Waals surface area contributed by atoms with Gasteiger partial charge in [-0.1, -0.05) is 45.4 Å². The normalized spacial score (nSPS) is 21.5. The third-order valence-corrected chi connectivity index (χ3v) is 8.43. The van der Waals surface area contributed by atoms with Crippen LogP contribution in [0.3, 0.4) is 0 Å².